The molecule has 1 rings (SSSR count). The van der Waals surface area contributed by atoms with Crippen molar-refractivity contribution >= 4 is 5.78 Å². The second-order valence-electron chi connectivity index (χ2n) is 3.10. The molecule has 0 heterocycles. The lowest BCUT2D eigenvalue weighted by Crippen LogP contribution is -2.17. The van der Waals surface area contributed by atoms with Crippen LogP contribution in [-0.2, 0) is 9.53 Å². The maximum atomic E-state index is 11.3. The van der Waals surface area contributed by atoms with Crippen LogP contribution in [0.25, 0.3) is 0 Å². The predicted octanol–water partition coefficient (Wildman–Crippen LogP) is 1.96. The monoisotopic (exact) mass is 182 g/mol. The topological polar surface area (TPSA) is 46.5 Å². The number of ketones is 1. The number of ether oxygens (including phenoxy) is 1. The summed E-state index contributed by atoms with van der Waals surface area (Å²) in [6, 6.07) is 0. The van der Waals surface area contributed by atoms with Gasteiger partial charge in [-0.3, -0.25) is 4.79 Å². The molecule has 13 heavy (non-hydrogen) atoms. The summed E-state index contributed by atoms with van der Waals surface area (Å²) < 4.78 is 5.25. The molecule has 0 spiro atoms. The van der Waals surface area contributed by atoms with Crippen molar-refractivity contribution in [3.8, 4) is 0 Å². The van der Waals surface area contributed by atoms with Crippen molar-refractivity contribution in [2.45, 2.75) is 20.3 Å². The minimum absolute atomic E-state index is 0.0454. The highest BCUT2D eigenvalue weighted by atomic mass is 16.5. The standard InChI is InChI=1S/C10H14O3/c1-3-13-8-4-7(2)9(6-11)10(12)5-8/h5-7,11H,3-4H2,1-2H3/b9-6-/t7-/m1/s1. The number of rotatable bonds is 2. The molecule has 0 unspecified atom stereocenters. The molecule has 0 aromatic rings. The van der Waals surface area contributed by atoms with E-state index in [1.165, 1.54) is 6.08 Å². The molecule has 0 bridgehead atoms. The van der Waals surface area contributed by atoms with E-state index in [1.54, 1.807) is 0 Å². The van der Waals surface area contributed by atoms with Gasteiger partial charge in [-0.15, -0.1) is 0 Å². The molecule has 1 atom stereocenters. The molecule has 0 radical (unpaired) electrons. The highest BCUT2D eigenvalue weighted by Crippen LogP contribution is 2.26. The Bertz CT molecular complexity index is 263. The normalized spacial score (nSPS) is 26.0. The Morgan fingerprint density at radius 3 is 2.92 bits per heavy atom. The quantitative estimate of drug-likeness (QED) is 0.524. The first-order valence-corrected chi connectivity index (χ1v) is 4.41. The molecule has 1 aliphatic carbocycles. The molecule has 1 aliphatic rings. The minimum atomic E-state index is -0.148. The summed E-state index contributed by atoms with van der Waals surface area (Å²) in [5.74, 6) is 0.611. The largest absolute Gasteiger partial charge is 0.515 e. The van der Waals surface area contributed by atoms with Gasteiger partial charge in [-0.1, -0.05) is 6.92 Å². The number of allylic oxidation sites excluding steroid dienone is 3. The Hall–Kier alpha value is -1.25. The first kappa shape index (κ1) is 9.84. The van der Waals surface area contributed by atoms with Crippen molar-refractivity contribution in [2.75, 3.05) is 6.61 Å². The molecule has 0 saturated carbocycles. The number of aliphatic hydroxyl groups is 1. The minimum Gasteiger partial charge on any atom is -0.515 e. The fourth-order valence-electron chi connectivity index (χ4n) is 1.42. The average molecular weight is 182 g/mol. The van der Waals surface area contributed by atoms with Crippen molar-refractivity contribution in [1.82, 2.24) is 0 Å². The van der Waals surface area contributed by atoms with Gasteiger partial charge in [-0.05, 0) is 12.8 Å². The number of hydrogen-bond donors (Lipinski definition) is 1. The molecule has 72 valence electrons. The lowest BCUT2D eigenvalue weighted by molar-refractivity contribution is -0.112. The predicted molar refractivity (Wildman–Crippen MR) is 49.2 cm³/mol. The lowest BCUT2D eigenvalue weighted by atomic mass is 9.89. The van der Waals surface area contributed by atoms with Gasteiger partial charge in [0, 0.05) is 18.1 Å². The van der Waals surface area contributed by atoms with Gasteiger partial charge >= 0.3 is 0 Å². The van der Waals surface area contributed by atoms with Crippen LogP contribution in [-0.4, -0.2) is 17.5 Å². The number of carbonyl (C=O) groups is 1. The van der Waals surface area contributed by atoms with E-state index in [0.717, 1.165) is 6.26 Å². The van der Waals surface area contributed by atoms with Gasteiger partial charge in [0.1, 0.15) is 5.76 Å². The van der Waals surface area contributed by atoms with Crippen molar-refractivity contribution in [3.63, 3.8) is 0 Å². The van der Waals surface area contributed by atoms with E-state index in [4.69, 9.17) is 9.84 Å². The Morgan fingerprint density at radius 1 is 1.77 bits per heavy atom. The third-order valence-electron chi connectivity index (χ3n) is 2.08. The van der Waals surface area contributed by atoms with Crippen molar-refractivity contribution in [1.29, 1.82) is 0 Å². The van der Waals surface area contributed by atoms with E-state index in [-0.39, 0.29) is 11.7 Å². The van der Waals surface area contributed by atoms with Gasteiger partial charge in [-0.2, -0.15) is 0 Å². The van der Waals surface area contributed by atoms with Crippen LogP contribution >= 0.6 is 0 Å². The Labute approximate surface area is 77.7 Å². The summed E-state index contributed by atoms with van der Waals surface area (Å²) in [5, 5.41) is 8.80. The Kier molecular flexibility index (Phi) is 3.12. The van der Waals surface area contributed by atoms with Gasteiger partial charge in [-0.25, -0.2) is 0 Å². The van der Waals surface area contributed by atoms with Crippen LogP contribution in [0.15, 0.2) is 23.7 Å². The Morgan fingerprint density at radius 2 is 2.46 bits per heavy atom. The summed E-state index contributed by atoms with van der Waals surface area (Å²) in [6.07, 6.45) is 3.03. The highest BCUT2D eigenvalue weighted by molar-refractivity contribution is 6.05. The SMILES string of the molecule is CCOC1=CC(=O)/C(=C\O)[C@H](C)C1. The smallest absolute Gasteiger partial charge is 0.188 e. The first-order chi connectivity index (χ1) is 6.19. The van der Waals surface area contributed by atoms with E-state index in [9.17, 15) is 4.79 Å². The fourth-order valence-corrected chi connectivity index (χ4v) is 1.42. The molecule has 0 saturated heterocycles. The third kappa shape index (κ3) is 2.11. The number of hydrogen-bond acceptors (Lipinski definition) is 3. The summed E-state index contributed by atoms with van der Waals surface area (Å²) in [4.78, 5) is 11.3. The zero-order chi connectivity index (χ0) is 9.84. The fraction of sp³-hybridized carbons (Fsp3) is 0.500. The zero-order valence-corrected chi connectivity index (χ0v) is 7.91. The lowest BCUT2D eigenvalue weighted by Gasteiger charge is -2.20. The van der Waals surface area contributed by atoms with Crippen LogP contribution in [0.3, 0.4) is 0 Å². The maximum Gasteiger partial charge on any atom is 0.188 e. The summed E-state index contributed by atoms with van der Waals surface area (Å²) in [5.41, 5.74) is 0.462. The second-order valence-corrected chi connectivity index (χ2v) is 3.10. The van der Waals surface area contributed by atoms with Crippen molar-refractivity contribution in [3.05, 3.63) is 23.7 Å². The molecule has 0 fully saturated rings. The van der Waals surface area contributed by atoms with Crippen LogP contribution in [0.2, 0.25) is 0 Å². The molecule has 0 aliphatic heterocycles. The van der Waals surface area contributed by atoms with Gasteiger partial charge in [0.15, 0.2) is 5.78 Å². The van der Waals surface area contributed by atoms with Crippen molar-refractivity contribution < 1.29 is 14.6 Å². The van der Waals surface area contributed by atoms with Crippen LogP contribution in [0, 0.1) is 5.92 Å². The molecule has 3 nitrogen and oxygen atoms in total. The van der Waals surface area contributed by atoms with Gasteiger partial charge < -0.3 is 9.84 Å². The van der Waals surface area contributed by atoms with Gasteiger partial charge in [0.25, 0.3) is 0 Å². The second kappa shape index (κ2) is 4.12. The summed E-state index contributed by atoms with van der Waals surface area (Å²) in [7, 11) is 0. The van der Waals surface area contributed by atoms with Gasteiger partial charge in [0.2, 0.25) is 0 Å². The molecule has 0 aromatic carbocycles. The summed E-state index contributed by atoms with van der Waals surface area (Å²) >= 11 is 0. The zero-order valence-electron chi connectivity index (χ0n) is 7.91. The molecule has 1 N–H and O–H groups in total. The molecule has 0 amide bonds. The van der Waals surface area contributed by atoms with E-state index in [0.29, 0.717) is 24.4 Å². The number of aliphatic hydroxyl groups excluding tert-OH is 1. The van der Waals surface area contributed by atoms with Gasteiger partial charge in [0.05, 0.1) is 12.9 Å². The van der Waals surface area contributed by atoms with E-state index in [2.05, 4.69) is 0 Å². The van der Waals surface area contributed by atoms with Crippen molar-refractivity contribution in [2.24, 2.45) is 5.92 Å². The number of carbonyl (C=O) groups excluding carboxylic acids is 1. The van der Waals surface area contributed by atoms with Crippen LogP contribution < -0.4 is 0 Å². The van der Waals surface area contributed by atoms with Crippen LogP contribution in [0.1, 0.15) is 20.3 Å². The summed E-state index contributed by atoms with van der Waals surface area (Å²) in [6.45, 7) is 4.35. The van der Waals surface area contributed by atoms with Crippen LogP contribution in [0.5, 0.6) is 0 Å². The average Bonchev–Trinajstić information content (AvgIpc) is 2.04. The van der Waals surface area contributed by atoms with E-state index in [1.807, 2.05) is 13.8 Å². The van der Waals surface area contributed by atoms with E-state index < -0.39 is 0 Å². The Balaban J connectivity index is 2.82. The molecule has 0 aromatic heterocycles. The van der Waals surface area contributed by atoms with Crippen LogP contribution in [0.4, 0.5) is 0 Å². The molecule has 3 heteroatoms. The molecular weight excluding hydrogens is 168 g/mol. The molecular formula is C10H14O3. The first-order valence-electron chi connectivity index (χ1n) is 4.41. The third-order valence-corrected chi connectivity index (χ3v) is 2.08. The maximum absolute atomic E-state index is 11.3. The van der Waals surface area contributed by atoms with E-state index >= 15 is 0 Å². The highest BCUT2D eigenvalue weighted by Gasteiger charge is 2.23.